The van der Waals surface area contributed by atoms with Crippen molar-refractivity contribution in [3.8, 4) is 0 Å². The fourth-order valence-electron chi connectivity index (χ4n) is 2.38. The Kier molecular flexibility index (Phi) is 5.63. The molecule has 0 aliphatic carbocycles. The van der Waals surface area contributed by atoms with Crippen molar-refractivity contribution in [2.45, 2.75) is 32.0 Å². The highest BCUT2D eigenvalue weighted by molar-refractivity contribution is 6.07. The lowest BCUT2D eigenvalue weighted by Crippen LogP contribution is -2.44. The van der Waals surface area contributed by atoms with Crippen LogP contribution < -0.4 is 10.6 Å². The van der Waals surface area contributed by atoms with Gasteiger partial charge in [-0.1, -0.05) is 0 Å². The van der Waals surface area contributed by atoms with Gasteiger partial charge in [-0.2, -0.15) is 13.2 Å². The summed E-state index contributed by atoms with van der Waals surface area (Å²) >= 11 is 0. The highest BCUT2D eigenvalue weighted by Gasteiger charge is 2.36. The number of alkyl halides is 3. The predicted octanol–water partition coefficient (Wildman–Crippen LogP) is 1.45. The minimum atomic E-state index is -4.51. The van der Waals surface area contributed by atoms with E-state index in [1.165, 1.54) is 31.2 Å². The first-order valence-electron chi connectivity index (χ1n) is 7.69. The number of nitrogens with one attached hydrogen (secondary N) is 2. The number of carbonyl (C=O) groups excluding carboxylic acids is 4. The Bertz CT molecular complexity index is 715. The summed E-state index contributed by atoms with van der Waals surface area (Å²) in [6.45, 7) is -0.0326. The molecule has 0 aromatic heterocycles. The van der Waals surface area contributed by atoms with Gasteiger partial charge in [-0.3, -0.25) is 24.1 Å². The van der Waals surface area contributed by atoms with E-state index >= 15 is 0 Å². The smallest absolute Gasteiger partial charge is 0.343 e. The third-order valence-corrected chi connectivity index (χ3v) is 3.72. The first kappa shape index (κ1) is 19.4. The minimum Gasteiger partial charge on any atom is -0.343 e. The number of likely N-dealkylation sites (tertiary alicyclic amines) is 1. The van der Waals surface area contributed by atoms with E-state index in [9.17, 15) is 32.3 Å². The van der Waals surface area contributed by atoms with Gasteiger partial charge in [-0.25, -0.2) is 0 Å². The van der Waals surface area contributed by atoms with Crippen molar-refractivity contribution in [2.75, 3.05) is 11.9 Å². The van der Waals surface area contributed by atoms with Crippen molar-refractivity contribution < 1.29 is 32.3 Å². The second-order valence-electron chi connectivity index (χ2n) is 5.70. The van der Waals surface area contributed by atoms with E-state index in [2.05, 4.69) is 5.32 Å². The normalized spacial score (nSPS) is 15.8. The number of nitrogens with zero attached hydrogens (tertiary/aromatic N) is 1. The SMILES string of the molecule is C[C@H](C(=O)Nc1ccc(C(=O)NCC(F)(F)F)cc1)N1C(=O)CCC1=O. The number of carbonyl (C=O) groups is 4. The number of halogens is 3. The number of benzene rings is 1. The van der Waals surface area contributed by atoms with Crippen LogP contribution in [0.3, 0.4) is 0 Å². The average molecular weight is 371 g/mol. The number of imide groups is 1. The van der Waals surface area contributed by atoms with Crippen LogP contribution in [-0.4, -0.2) is 47.3 Å². The Morgan fingerprint density at radius 2 is 1.65 bits per heavy atom. The molecule has 1 aliphatic heterocycles. The average Bonchev–Trinajstić information content (AvgIpc) is 2.90. The van der Waals surface area contributed by atoms with Gasteiger partial charge in [-0.15, -0.1) is 0 Å². The van der Waals surface area contributed by atoms with Crippen LogP contribution in [0.25, 0.3) is 0 Å². The molecule has 1 saturated heterocycles. The van der Waals surface area contributed by atoms with Crippen LogP contribution in [0.2, 0.25) is 0 Å². The van der Waals surface area contributed by atoms with Crippen LogP contribution in [-0.2, 0) is 14.4 Å². The van der Waals surface area contributed by atoms with Gasteiger partial charge < -0.3 is 10.6 Å². The topological polar surface area (TPSA) is 95.6 Å². The standard InChI is InChI=1S/C16H16F3N3O4/c1-9(22-12(23)6-7-13(22)24)14(25)21-11-4-2-10(3-5-11)15(26)20-8-16(17,18)19/h2-5,9H,6-8H2,1H3,(H,20,26)(H,21,25)/t9-/m1/s1. The van der Waals surface area contributed by atoms with Crippen molar-refractivity contribution >= 4 is 29.3 Å². The van der Waals surface area contributed by atoms with Crippen molar-refractivity contribution in [1.29, 1.82) is 0 Å². The molecular formula is C16H16F3N3O4. The van der Waals surface area contributed by atoms with E-state index < -0.39 is 42.4 Å². The molecule has 7 nitrogen and oxygen atoms in total. The van der Waals surface area contributed by atoms with E-state index in [1.807, 2.05) is 0 Å². The number of anilines is 1. The summed E-state index contributed by atoms with van der Waals surface area (Å²) in [4.78, 5) is 47.9. The summed E-state index contributed by atoms with van der Waals surface area (Å²) in [5.74, 6) is -2.34. The first-order valence-corrected chi connectivity index (χ1v) is 7.69. The lowest BCUT2D eigenvalue weighted by molar-refractivity contribution is -0.144. The Morgan fingerprint density at radius 1 is 1.12 bits per heavy atom. The van der Waals surface area contributed by atoms with E-state index in [0.29, 0.717) is 0 Å². The van der Waals surface area contributed by atoms with Crippen molar-refractivity contribution in [3.63, 3.8) is 0 Å². The number of hydrogen-bond donors (Lipinski definition) is 2. The zero-order chi connectivity index (χ0) is 19.5. The Balaban J connectivity index is 1.96. The molecule has 1 aromatic carbocycles. The molecule has 1 aromatic rings. The molecule has 26 heavy (non-hydrogen) atoms. The number of rotatable bonds is 5. The fourth-order valence-corrected chi connectivity index (χ4v) is 2.38. The van der Waals surface area contributed by atoms with Gasteiger partial charge in [0.05, 0.1) is 0 Å². The summed E-state index contributed by atoms with van der Waals surface area (Å²) in [6.07, 6.45) is -4.37. The molecule has 1 aliphatic rings. The Labute approximate surface area is 146 Å². The first-order chi connectivity index (χ1) is 12.1. The summed E-state index contributed by atoms with van der Waals surface area (Å²) in [7, 11) is 0. The molecule has 0 bridgehead atoms. The zero-order valence-electron chi connectivity index (χ0n) is 13.7. The zero-order valence-corrected chi connectivity index (χ0v) is 13.7. The summed E-state index contributed by atoms with van der Waals surface area (Å²) in [5, 5.41) is 4.22. The fraction of sp³-hybridized carbons (Fsp3) is 0.375. The number of amides is 4. The van der Waals surface area contributed by atoms with Crippen LogP contribution in [0.5, 0.6) is 0 Å². The third kappa shape index (κ3) is 4.80. The lowest BCUT2D eigenvalue weighted by atomic mass is 10.2. The van der Waals surface area contributed by atoms with Crippen LogP contribution in [0.1, 0.15) is 30.1 Å². The molecular weight excluding hydrogens is 355 g/mol. The van der Waals surface area contributed by atoms with E-state index in [-0.39, 0.29) is 24.1 Å². The predicted molar refractivity (Wildman–Crippen MR) is 84.0 cm³/mol. The van der Waals surface area contributed by atoms with Gasteiger partial charge in [0.2, 0.25) is 17.7 Å². The molecule has 2 N–H and O–H groups in total. The Morgan fingerprint density at radius 3 is 2.15 bits per heavy atom. The maximum Gasteiger partial charge on any atom is 0.405 e. The highest BCUT2D eigenvalue weighted by atomic mass is 19.4. The summed E-state index contributed by atoms with van der Waals surface area (Å²) < 4.78 is 36.3. The van der Waals surface area contributed by atoms with Gasteiger partial charge in [-0.05, 0) is 31.2 Å². The van der Waals surface area contributed by atoms with E-state index in [0.717, 1.165) is 4.90 Å². The van der Waals surface area contributed by atoms with Crippen molar-refractivity contribution in [1.82, 2.24) is 10.2 Å². The van der Waals surface area contributed by atoms with Crippen LogP contribution in [0.4, 0.5) is 18.9 Å². The summed E-state index contributed by atoms with van der Waals surface area (Å²) in [6, 6.07) is 4.17. The third-order valence-electron chi connectivity index (χ3n) is 3.72. The van der Waals surface area contributed by atoms with Crippen molar-refractivity contribution in [3.05, 3.63) is 29.8 Å². The van der Waals surface area contributed by atoms with Gasteiger partial charge in [0.1, 0.15) is 12.6 Å². The molecule has 4 amide bonds. The molecule has 0 radical (unpaired) electrons. The van der Waals surface area contributed by atoms with Gasteiger partial charge in [0.15, 0.2) is 0 Å². The van der Waals surface area contributed by atoms with E-state index in [1.54, 1.807) is 5.32 Å². The molecule has 0 spiro atoms. The van der Waals surface area contributed by atoms with E-state index in [4.69, 9.17) is 0 Å². The summed E-state index contributed by atoms with van der Waals surface area (Å²) in [5.41, 5.74) is 0.263. The lowest BCUT2D eigenvalue weighted by Gasteiger charge is -2.21. The second-order valence-corrected chi connectivity index (χ2v) is 5.70. The largest absolute Gasteiger partial charge is 0.405 e. The maximum absolute atomic E-state index is 12.2. The molecule has 1 atom stereocenters. The molecule has 1 heterocycles. The molecule has 0 saturated carbocycles. The maximum atomic E-state index is 12.2. The van der Waals surface area contributed by atoms with Crippen LogP contribution in [0.15, 0.2) is 24.3 Å². The monoisotopic (exact) mass is 371 g/mol. The molecule has 0 unspecified atom stereocenters. The Hall–Kier alpha value is -2.91. The molecule has 10 heteroatoms. The number of hydrogen-bond acceptors (Lipinski definition) is 4. The van der Waals surface area contributed by atoms with Gasteiger partial charge >= 0.3 is 6.18 Å². The molecule has 1 fully saturated rings. The van der Waals surface area contributed by atoms with Crippen LogP contribution >= 0.6 is 0 Å². The highest BCUT2D eigenvalue weighted by Crippen LogP contribution is 2.17. The minimum absolute atomic E-state index is 0.00908. The van der Waals surface area contributed by atoms with Crippen molar-refractivity contribution in [2.24, 2.45) is 0 Å². The van der Waals surface area contributed by atoms with Gasteiger partial charge in [0.25, 0.3) is 5.91 Å². The van der Waals surface area contributed by atoms with Crippen LogP contribution in [0, 0.1) is 0 Å². The quantitative estimate of drug-likeness (QED) is 0.766. The molecule has 140 valence electrons. The second kappa shape index (κ2) is 7.54. The molecule has 2 rings (SSSR count). The van der Waals surface area contributed by atoms with Gasteiger partial charge in [0, 0.05) is 24.1 Å².